The highest BCUT2D eigenvalue weighted by molar-refractivity contribution is 6.09. The molecule has 1 aromatic carbocycles. The van der Waals surface area contributed by atoms with Crippen molar-refractivity contribution in [2.75, 3.05) is 26.3 Å². The summed E-state index contributed by atoms with van der Waals surface area (Å²) in [4.78, 5) is 37.9. The van der Waals surface area contributed by atoms with Crippen LogP contribution in [0.4, 0.5) is 8.78 Å². The molecule has 9 nitrogen and oxygen atoms in total. The number of hydrogen-bond donors (Lipinski definition) is 3. The summed E-state index contributed by atoms with van der Waals surface area (Å²) in [6.45, 7) is 3.17. The van der Waals surface area contributed by atoms with Gasteiger partial charge in [0, 0.05) is 12.2 Å². The first-order valence-electron chi connectivity index (χ1n) is 12.4. The second-order valence-corrected chi connectivity index (χ2v) is 9.78. The average Bonchev–Trinajstić information content (AvgIpc) is 3.65. The first kappa shape index (κ1) is 25.1. The number of halogens is 2. The summed E-state index contributed by atoms with van der Waals surface area (Å²) < 4.78 is 36.2. The molecule has 1 saturated carbocycles. The molecule has 1 aliphatic heterocycles. The fourth-order valence-corrected chi connectivity index (χ4v) is 4.72. The molecular formula is C26H29F2N5O4. The largest absolute Gasteiger partial charge is 0.492 e. The third-order valence-electron chi connectivity index (χ3n) is 7.05. The standard InChI is InChI=1S/C26H29F2N5O4/c1-13-3-6-18(37-11-15-4-5-15)21(22(13)28)24-25-23(29-12-30-24)20(14(2)31-25)26(36)32-17-7-8-33(9-16(17)27)19(35)10-34/h3,6,12,15-17,31,34H,4-5,7-11H2,1-2H3,(H,32,36)/t16-,17+/m0/s1. The first-order valence-corrected chi connectivity index (χ1v) is 12.4. The van der Waals surface area contributed by atoms with E-state index in [4.69, 9.17) is 9.84 Å². The highest BCUT2D eigenvalue weighted by atomic mass is 19.1. The summed E-state index contributed by atoms with van der Waals surface area (Å²) in [5.74, 6) is -0.696. The molecule has 196 valence electrons. The van der Waals surface area contributed by atoms with Crippen molar-refractivity contribution in [1.82, 2.24) is 25.2 Å². The van der Waals surface area contributed by atoms with E-state index in [0.717, 1.165) is 12.8 Å². The van der Waals surface area contributed by atoms with Gasteiger partial charge in [-0.1, -0.05) is 6.07 Å². The molecule has 3 heterocycles. The Morgan fingerprint density at radius 2 is 2.03 bits per heavy atom. The van der Waals surface area contributed by atoms with E-state index >= 15 is 4.39 Å². The van der Waals surface area contributed by atoms with Crippen LogP contribution >= 0.6 is 0 Å². The summed E-state index contributed by atoms with van der Waals surface area (Å²) >= 11 is 0. The fourth-order valence-electron chi connectivity index (χ4n) is 4.72. The zero-order valence-electron chi connectivity index (χ0n) is 20.7. The second kappa shape index (κ2) is 10.0. The highest BCUT2D eigenvalue weighted by Gasteiger charge is 2.34. The molecule has 1 saturated heterocycles. The number of likely N-dealkylation sites (tertiary alicyclic amines) is 1. The van der Waals surface area contributed by atoms with Crippen LogP contribution < -0.4 is 10.1 Å². The number of aliphatic hydroxyl groups excluding tert-OH is 1. The Hall–Kier alpha value is -3.60. The van der Waals surface area contributed by atoms with Gasteiger partial charge in [0.15, 0.2) is 0 Å². The molecule has 37 heavy (non-hydrogen) atoms. The molecule has 2 aliphatic rings. The van der Waals surface area contributed by atoms with Gasteiger partial charge in [-0.25, -0.2) is 18.7 Å². The minimum Gasteiger partial charge on any atom is -0.492 e. The predicted octanol–water partition coefficient (Wildman–Crippen LogP) is 2.83. The van der Waals surface area contributed by atoms with Crippen LogP contribution in [0.1, 0.15) is 40.9 Å². The Morgan fingerprint density at radius 3 is 2.73 bits per heavy atom. The predicted molar refractivity (Wildman–Crippen MR) is 131 cm³/mol. The lowest BCUT2D eigenvalue weighted by atomic mass is 10.0. The van der Waals surface area contributed by atoms with Gasteiger partial charge in [0.1, 0.15) is 41.9 Å². The van der Waals surface area contributed by atoms with E-state index in [0.29, 0.717) is 35.0 Å². The van der Waals surface area contributed by atoms with Gasteiger partial charge < -0.3 is 25.0 Å². The summed E-state index contributed by atoms with van der Waals surface area (Å²) in [5.41, 5.74) is 2.27. The number of aromatic amines is 1. The summed E-state index contributed by atoms with van der Waals surface area (Å²) in [6, 6.07) is 2.57. The zero-order valence-corrected chi connectivity index (χ0v) is 20.7. The van der Waals surface area contributed by atoms with Crippen molar-refractivity contribution in [3.8, 4) is 17.0 Å². The normalized spacial score (nSPS) is 19.8. The number of piperidine rings is 1. The van der Waals surface area contributed by atoms with E-state index in [9.17, 15) is 14.0 Å². The third kappa shape index (κ3) is 4.87. The Bertz CT molecular complexity index is 1360. The van der Waals surface area contributed by atoms with Gasteiger partial charge in [-0.2, -0.15) is 0 Å². The number of amides is 2. The van der Waals surface area contributed by atoms with E-state index < -0.39 is 36.5 Å². The number of carbonyl (C=O) groups is 2. The van der Waals surface area contributed by atoms with E-state index in [-0.39, 0.29) is 41.8 Å². The van der Waals surface area contributed by atoms with Crippen molar-refractivity contribution in [1.29, 1.82) is 0 Å². The van der Waals surface area contributed by atoms with E-state index in [1.807, 2.05) is 0 Å². The van der Waals surface area contributed by atoms with Crippen LogP contribution in [0.25, 0.3) is 22.3 Å². The van der Waals surface area contributed by atoms with Crippen molar-refractivity contribution < 1.29 is 28.2 Å². The molecular weight excluding hydrogens is 484 g/mol. The summed E-state index contributed by atoms with van der Waals surface area (Å²) in [5, 5.41) is 11.7. The number of ether oxygens (including phenoxy) is 1. The minimum absolute atomic E-state index is 0.200. The first-order chi connectivity index (χ1) is 17.8. The Kier molecular flexibility index (Phi) is 6.80. The minimum atomic E-state index is -1.49. The second-order valence-electron chi connectivity index (χ2n) is 9.78. The number of aliphatic hydroxyl groups is 1. The van der Waals surface area contributed by atoms with Crippen molar-refractivity contribution in [3.63, 3.8) is 0 Å². The lowest BCUT2D eigenvalue weighted by Gasteiger charge is -2.34. The number of aromatic nitrogens is 3. The number of nitrogens with one attached hydrogen (secondary N) is 2. The van der Waals surface area contributed by atoms with Gasteiger partial charge in [-0.05, 0) is 50.7 Å². The lowest BCUT2D eigenvalue weighted by molar-refractivity contribution is -0.136. The fraction of sp³-hybridized carbons (Fsp3) is 0.462. The molecule has 3 N–H and O–H groups in total. The van der Waals surface area contributed by atoms with Crippen LogP contribution in [0.5, 0.6) is 5.75 Å². The highest BCUT2D eigenvalue weighted by Crippen LogP contribution is 2.39. The van der Waals surface area contributed by atoms with Crippen LogP contribution in [-0.4, -0.2) is 75.3 Å². The van der Waals surface area contributed by atoms with Gasteiger partial charge >= 0.3 is 0 Å². The number of fused-ring (bicyclic) bond motifs is 1. The maximum atomic E-state index is 15.4. The molecule has 11 heteroatoms. The van der Waals surface area contributed by atoms with Gasteiger partial charge in [-0.15, -0.1) is 0 Å². The number of alkyl halides is 1. The van der Waals surface area contributed by atoms with Crippen molar-refractivity contribution in [3.05, 3.63) is 41.1 Å². The smallest absolute Gasteiger partial charge is 0.255 e. The number of aryl methyl sites for hydroxylation is 2. The molecule has 0 unspecified atom stereocenters. The van der Waals surface area contributed by atoms with E-state index in [1.165, 1.54) is 11.2 Å². The molecule has 2 amide bonds. The van der Waals surface area contributed by atoms with Crippen molar-refractivity contribution in [2.24, 2.45) is 5.92 Å². The van der Waals surface area contributed by atoms with Crippen LogP contribution in [-0.2, 0) is 4.79 Å². The molecule has 2 atom stereocenters. The number of carbonyl (C=O) groups excluding carboxylic acids is 2. The lowest BCUT2D eigenvalue weighted by Crippen LogP contribution is -2.54. The van der Waals surface area contributed by atoms with Crippen LogP contribution in [0.3, 0.4) is 0 Å². The zero-order chi connectivity index (χ0) is 26.3. The quantitative estimate of drug-likeness (QED) is 0.447. The topological polar surface area (TPSA) is 120 Å². The van der Waals surface area contributed by atoms with E-state index in [2.05, 4.69) is 20.3 Å². The van der Waals surface area contributed by atoms with Crippen LogP contribution in [0.15, 0.2) is 18.5 Å². The van der Waals surface area contributed by atoms with Gasteiger partial charge in [0.2, 0.25) is 5.91 Å². The number of rotatable bonds is 7. The maximum Gasteiger partial charge on any atom is 0.255 e. The molecule has 0 radical (unpaired) electrons. The number of H-pyrrole nitrogens is 1. The van der Waals surface area contributed by atoms with Gasteiger partial charge in [0.25, 0.3) is 5.91 Å². The van der Waals surface area contributed by atoms with E-state index in [1.54, 1.807) is 26.0 Å². The van der Waals surface area contributed by atoms with Gasteiger partial charge in [0.05, 0.1) is 35.8 Å². The molecule has 0 bridgehead atoms. The summed E-state index contributed by atoms with van der Waals surface area (Å²) in [6.07, 6.45) is 2.16. The average molecular weight is 514 g/mol. The SMILES string of the molecule is Cc1ccc(OCC2CC2)c(-c2ncnc3c(C(=O)N[C@@H]4CCN(C(=O)CO)C[C@@H]4F)c(C)[nH]c23)c1F. The monoisotopic (exact) mass is 513 g/mol. The van der Waals surface area contributed by atoms with Crippen LogP contribution in [0, 0.1) is 25.6 Å². The summed E-state index contributed by atoms with van der Waals surface area (Å²) in [7, 11) is 0. The number of benzene rings is 1. The molecule has 2 fully saturated rings. The Morgan fingerprint density at radius 1 is 1.24 bits per heavy atom. The molecule has 3 aromatic rings. The Labute approximate surface area is 212 Å². The number of nitrogens with zero attached hydrogens (tertiary/aromatic N) is 3. The third-order valence-corrected chi connectivity index (χ3v) is 7.05. The molecule has 0 spiro atoms. The van der Waals surface area contributed by atoms with Crippen molar-refractivity contribution in [2.45, 2.75) is 45.3 Å². The molecule has 2 aromatic heterocycles. The maximum absolute atomic E-state index is 15.4. The van der Waals surface area contributed by atoms with Gasteiger partial charge in [-0.3, -0.25) is 9.59 Å². The molecule has 1 aliphatic carbocycles. The Balaban J connectivity index is 1.45. The number of hydrogen-bond acceptors (Lipinski definition) is 6. The molecule has 5 rings (SSSR count). The van der Waals surface area contributed by atoms with Crippen LogP contribution in [0.2, 0.25) is 0 Å². The van der Waals surface area contributed by atoms with Crippen molar-refractivity contribution >= 4 is 22.8 Å².